The highest BCUT2D eigenvalue weighted by Gasteiger charge is 2.40. The number of nitrogens with zero attached hydrogens (tertiary/aromatic N) is 5. The van der Waals surface area contributed by atoms with Gasteiger partial charge in [0.05, 0.1) is 5.69 Å². The second-order valence-electron chi connectivity index (χ2n) is 8.36. The lowest BCUT2D eigenvalue weighted by molar-refractivity contribution is -0.136. The Balaban J connectivity index is 1.48. The molecule has 1 atom stereocenters. The summed E-state index contributed by atoms with van der Waals surface area (Å²) in [5.74, 6) is 1.14. The highest BCUT2D eigenvalue weighted by molar-refractivity contribution is 5.67. The summed E-state index contributed by atoms with van der Waals surface area (Å²) in [4.78, 5) is 4.08. The lowest BCUT2D eigenvalue weighted by atomic mass is 10.1. The Kier molecular flexibility index (Phi) is 4.60. The van der Waals surface area contributed by atoms with Crippen LogP contribution in [0.1, 0.15) is 31.2 Å². The number of pyridine rings is 1. The molecule has 158 valence electrons. The number of hydrogen-bond acceptors (Lipinski definition) is 4. The number of halogens is 3. The normalized spacial score (nSPS) is 20.2. The molecule has 2 aliphatic rings. The SMILES string of the molecule is C[C@H]1CN(c2ccn3c(CC4CC4)nnc3c2C(F)(F)F)CCN1c1ccccc1. The minimum Gasteiger partial charge on any atom is -0.367 e. The smallest absolute Gasteiger partial charge is 0.367 e. The van der Waals surface area contributed by atoms with Crippen molar-refractivity contribution in [2.75, 3.05) is 29.4 Å². The summed E-state index contributed by atoms with van der Waals surface area (Å²) >= 11 is 0. The third-order valence-electron chi connectivity index (χ3n) is 6.14. The summed E-state index contributed by atoms with van der Waals surface area (Å²) in [5, 5.41) is 8.05. The molecule has 0 radical (unpaired) electrons. The lowest BCUT2D eigenvalue weighted by Gasteiger charge is -2.43. The minimum atomic E-state index is -4.50. The van der Waals surface area contributed by atoms with E-state index in [2.05, 4.69) is 22.0 Å². The van der Waals surface area contributed by atoms with Crippen LogP contribution in [-0.2, 0) is 12.6 Å². The number of fused-ring (bicyclic) bond motifs is 1. The van der Waals surface area contributed by atoms with E-state index in [1.165, 1.54) is 4.40 Å². The maximum Gasteiger partial charge on any atom is 0.422 e. The van der Waals surface area contributed by atoms with Crippen molar-refractivity contribution in [1.82, 2.24) is 14.6 Å². The number of benzene rings is 1. The minimum absolute atomic E-state index is 0.0850. The molecule has 0 unspecified atom stereocenters. The Morgan fingerprint density at radius 1 is 1.03 bits per heavy atom. The first-order valence-corrected chi connectivity index (χ1v) is 10.4. The fourth-order valence-corrected chi connectivity index (χ4v) is 4.43. The first kappa shape index (κ1) is 19.2. The van der Waals surface area contributed by atoms with Crippen LogP contribution in [0, 0.1) is 5.92 Å². The highest BCUT2D eigenvalue weighted by atomic mass is 19.4. The summed E-state index contributed by atoms with van der Waals surface area (Å²) in [6.07, 6.45) is 0.114. The number of aromatic nitrogens is 3. The Hall–Kier alpha value is -2.77. The van der Waals surface area contributed by atoms with Gasteiger partial charge in [0.25, 0.3) is 0 Å². The van der Waals surface area contributed by atoms with Gasteiger partial charge in [0.2, 0.25) is 0 Å². The number of rotatable bonds is 4. The van der Waals surface area contributed by atoms with Gasteiger partial charge in [-0.15, -0.1) is 10.2 Å². The van der Waals surface area contributed by atoms with Crippen molar-refractivity contribution in [2.45, 2.75) is 38.4 Å². The molecule has 1 saturated carbocycles. The van der Waals surface area contributed by atoms with Crippen molar-refractivity contribution in [1.29, 1.82) is 0 Å². The van der Waals surface area contributed by atoms with Crippen molar-refractivity contribution in [3.8, 4) is 0 Å². The van der Waals surface area contributed by atoms with Crippen LogP contribution < -0.4 is 9.80 Å². The summed E-state index contributed by atoms with van der Waals surface area (Å²) < 4.78 is 43.9. The Labute approximate surface area is 173 Å². The molecular weight excluding hydrogens is 391 g/mol. The molecule has 3 aromatic rings. The molecule has 0 spiro atoms. The van der Waals surface area contributed by atoms with E-state index in [1.807, 2.05) is 35.2 Å². The number of piperazine rings is 1. The third-order valence-corrected chi connectivity index (χ3v) is 6.14. The van der Waals surface area contributed by atoms with Crippen molar-refractivity contribution in [3.05, 3.63) is 54.0 Å². The third kappa shape index (κ3) is 3.48. The van der Waals surface area contributed by atoms with Crippen molar-refractivity contribution in [2.24, 2.45) is 5.92 Å². The van der Waals surface area contributed by atoms with E-state index in [-0.39, 0.29) is 17.4 Å². The van der Waals surface area contributed by atoms with E-state index < -0.39 is 11.7 Å². The van der Waals surface area contributed by atoms with Gasteiger partial charge in [-0.25, -0.2) is 0 Å². The van der Waals surface area contributed by atoms with Gasteiger partial charge in [-0.05, 0) is 43.9 Å². The van der Waals surface area contributed by atoms with Crippen LogP contribution in [-0.4, -0.2) is 40.3 Å². The van der Waals surface area contributed by atoms with E-state index in [4.69, 9.17) is 0 Å². The maximum absolute atomic E-state index is 14.1. The fourth-order valence-electron chi connectivity index (χ4n) is 4.43. The number of alkyl halides is 3. The zero-order valence-corrected chi connectivity index (χ0v) is 16.8. The topological polar surface area (TPSA) is 36.7 Å². The molecule has 2 aromatic heterocycles. The van der Waals surface area contributed by atoms with Gasteiger partial charge in [0.1, 0.15) is 11.4 Å². The zero-order valence-electron chi connectivity index (χ0n) is 16.8. The molecule has 1 aromatic carbocycles. The molecule has 0 bridgehead atoms. The Bertz CT molecular complexity index is 1040. The second kappa shape index (κ2) is 7.18. The average Bonchev–Trinajstić information content (AvgIpc) is 3.45. The quantitative estimate of drug-likeness (QED) is 0.632. The molecule has 0 N–H and O–H groups in total. The Morgan fingerprint density at radius 3 is 2.47 bits per heavy atom. The predicted octanol–water partition coefficient (Wildman–Crippen LogP) is 4.42. The second-order valence-corrected chi connectivity index (χ2v) is 8.36. The number of para-hydroxylation sites is 1. The highest BCUT2D eigenvalue weighted by Crippen LogP contribution is 2.40. The van der Waals surface area contributed by atoms with Gasteiger partial charge >= 0.3 is 6.18 Å². The molecule has 5 nitrogen and oxygen atoms in total. The van der Waals surface area contributed by atoms with Crippen LogP contribution in [0.3, 0.4) is 0 Å². The van der Waals surface area contributed by atoms with Crippen LogP contribution in [0.25, 0.3) is 5.65 Å². The van der Waals surface area contributed by atoms with Gasteiger partial charge in [0.15, 0.2) is 5.65 Å². The molecule has 0 amide bonds. The van der Waals surface area contributed by atoms with Crippen LogP contribution in [0.4, 0.5) is 24.5 Å². The summed E-state index contributed by atoms with van der Waals surface area (Å²) in [5.41, 5.74) is 0.520. The molecule has 5 rings (SSSR count). The molecule has 8 heteroatoms. The van der Waals surface area contributed by atoms with Gasteiger partial charge in [0, 0.05) is 44.0 Å². The van der Waals surface area contributed by atoms with E-state index in [0.717, 1.165) is 18.5 Å². The summed E-state index contributed by atoms with van der Waals surface area (Å²) in [6, 6.07) is 11.7. The van der Waals surface area contributed by atoms with E-state index in [0.29, 0.717) is 37.8 Å². The van der Waals surface area contributed by atoms with E-state index in [1.54, 1.807) is 12.3 Å². The molecule has 1 aliphatic heterocycles. The van der Waals surface area contributed by atoms with Gasteiger partial charge in [-0.2, -0.15) is 13.2 Å². The largest absolute Gasteiger partial charge is 0.422 e. The summed E-state index contributed by atoms with van der Waals surface area (Å²) in [7, 11) is 0. The first-order valence-electron chi connectivity index (χ1n) is 10.4. The van der Waals surface area contributed by atoms with Crippen molar-refractivity contribution < 1.29 is 13.2 Å². The van der Waals surface area contributed by atoms with Crippen molar-refractivity contribution >= 4 is 17.0 Å². The lowest BCUT2D eigenvalue weighted by Crippen LogP contribution is -2.52. The number of anilines is 2. The predicted molar refractivity (Wildman–Crippen MR) is 110 cm³/mol. The molecule has 30 heavy (non-hydrogen) atoms. The maximum atomic E-state index is 14.1. The molecule has 1 aliphatic carbocycles. The monoisotopic (exact) mass is 415 g/mol. The average molecular weight is 415 g/mol. The standard InChI is InChI=1S/C22H24F3N5/c1-15-14-28(11-12-29(15)17-5-3-2-4-6-17)18-9-10-30-19(13-16-7-8-16)26-27-21(30)20(18)22(23,24)25/h2-6,9-10,15-16H,7-8,11-14H2,1H3/t15-/m0/s1. The van der Waals surface area contributed by atoms with Crippen molar-refractivity contribution in [3.63, 3.8) is 0 Å². The van der Waals surface area contributed by atoms with Crippen LogP contribution in [0.5, 0.6) is 0 Å². The molecule has 2 fully saturated rings. The first-order chi connectivity index (χ1) is 14.4. The van der Waals surface area contributed by atoms with E-state index in [9.17, 15) is 13.2 Å². The molecular formula is C22H24F3N5. The van der Waals surface area contributed by atoms with E-state index >= 15 is 0 Å². The summed E-state index contributed by atoms with van der Waals surface area (Å²) in [6.45, 7) is 3.74. The fraction of sp³-hybridized carbons (Fsp3) is 0.455. The van der Waals surface area contributed by atoms with Gasteiger partial charge in [-0.3, -0.25) is 4.40 Å². The number of hydrogen-bond donors (Lipinski definition) is 0. The van der Waals surface area contributed by atoms with Gasteiger partial charge in [-0.1, -0.05) is 18.2 Å². The van der Waals surface area contributed by atoms with Crippen LogP contribution in [0.2, 0.25) is 0 Å². The van der Waals surface area contributed by atoms with Crippen LogP contribution in [0.15, 0.2) is 42.6 Å². The molecule has 1 saturated heterocycles. The van der Waals surface area contributed by atoms with Crippen LogP contribution >= 0.6 is 0 Å². The zero-order chi connectivity index (χ0) is 20.9. The Morgan fingerprint density at radius 2 is 1.80 bits per heavy atom. The van der Waals surface area contributed by atoms with Gasteiger partial charge < -0.3 is 9.80 Å². The molecule has 3 heterocycles.